The van der Waals surface area contributed by atoms with Gasteiger partial charge in [0.2, 0.25) is 0 Å². The maximum Gasteiger partial charge on any atom is 0.0824 e. The van der Waals surface area contributed by atoms with E-state index in [9.17, 15) is 0 Å². The highest BCUT2D eigenvalue weighted by Crippen LogP contribution is 2.19. The van der Waals surface area contributed by atoms with E-state index < -0.39 is 0 Å². The van der Waals surface area contributed by atoms with E-state index in [1.165, 1.54) is 12.0 Å². The maximum absolute atomic E-state index is 5.66. The molecule has 0 aromatic heterocycles. The van der Waals surface area contributed by atoms with Crippen molar-refractivity contribution in [3.05, 3.63) is 35.9 Å². The highest BCUT2D eigenvalue weighted by atomic mass is 16.5. The zero-order chi connectivity index (χ0) is 12.8. The average Bonchev–Trinajstić information content (AvgIpc) is 2.46. The van der Waals surface area contributed by atoms with Crippen LogP contribution in [0.3, 0.4) is 0 Å². The first-order valence-electron chi connectivity index (χ1n) is 6.88. The van der Waals surface area contributed by atoms with Gasteiger partial charge in [0.1, 0.15) is 0 Å². The molecule has 1 aromatic carbocycles. The zero-order valence-corrected chi connectivity index (χ0v) is 11.2. The Bertz CT molecular complexity index is 342. The summed E-state index contributed by atoms with van der Waals surface area (Å²) < 4.78 is 5.58. The molecule has 1 saturated heterocycles. The molecule has 18 heavy (non-hydrogen) atoms. The molecule has 2 N–H and O–H groups in total. The van der Waals surface area contributed by atoms with E-state index in [4.69, 9.17) is 10.5 Å². The van der Waals surface area contributed by atoms with E-state index in [2.05, 4.69) is 42.2 Å². The van der Waals surface area contributed by atoms with Crippen molar-refractivity contribution in [2.45, 2.75) is 25.4 Å². The lowest BCUT2D eigenvalue weighted by Crippen LogP contribution is -2.45. The third-order valence-corrected chi connectivity index (χ3v) is 3.73. The molecule has 0 saturated carbocycles. The molecule has 1 aromatic rings. The van der Waals surface area contributed by atoms with Crippen molar-refractivity contribution in [3.8, 4) is 0 Å². The third-order valence-electron chi connectivity index (χ3n) is 3.73. The molecule has 100 valence electrons. The topological polar surface area (TPSA) is 38.5 Å². The number of hydrogen-bond donors (Lipinski definition) is 1. The molecule has 1 fully saturated rings. The van der Waals surface area contributed by atoms with Gasteiger partial charge in [0.25, 0.3) is 0 Å². The minimum absolute atomic E-state index is 0.228. The predicted octanol–water partition coefficient (Wildman–Crippen LogP) is 1.84. The van der Waals surface area contributed by atoms with Gasteiger partial charge in [-0.2, -0.15) is 0 Å². The fourth-order valence-corrected chi connectivity index (χ4v) is 2.45. The summed E-state index contributed by atoms with van der Waals surface area (Å²) in [6, 6.07) is 10.7. The van der Waals surface area contributed by atoms with Crippen LogP contribution in [0, 0.1) is 0 Å². The lowest BCUT2D eigenvalue weighted by atomic mass is 9.97. The van der Waals surface area contributed by atoms with Crippen LogP contribution in [-0.4, -0.2) is 43.8 Å². The molecule has 2 unspecified atom stereocenters. The van der Waals surface area contributed by atoms with Crippen LogP contribution in [0.4, 0.5) is 0 Å². The fraction of sp³-hybridized carbons (Fsp3) is 0.600. The van der Waals surface area contributed by atoms with Crippen molar-refractivity contribution in [2.75, 3.05) is 32.8 Å². The normalized spacial score (nSPS) is 22.9. The molecule has 2 rings (SSSR count). The van der Waals surface area contributed by atoms with Crippen molar-refractivity contribution in [1.82, 2.24) is 4.90 Å². The van der Waals surface area contributed by atoms with Crippen molar-refractivity contribution in [3.63, 3.8) is 0 Å². The number of nitrogens with two attached hydrogens (primary N) is 1. The minimum atomic E-state index is 0.228. The molecule has 1 aliphatic rings. The van der Waals surface area contributed by atoms with Gasteiger partial charge in [0.05, 0.1) is 12.7 Å². The van der Waals surface area contributed by atoms with Gasteiger partial charge in [-0.05, 0) is 24.4 Å². The van der Waals surface area contributed by atoms with Crippen molar-refractivity contribution in [1.29, 1.82) is 0 Å². The summed E-state index contributed by atoms with van der Waals surface area (Å²) in [4.78, 5) is 2.47. The third kappa shape index (κ3) is 3.80. The average molecular weight is 248 g/mol. The number of ether oxygens (including phenoxy) is 1. The van der Waals surface area contributed by atoms with Gasteiger partial charge in [-0.15, -0.1) is 0 Å². The molecule has 0 amide bonds. The van der Waals surface area contributed by atoms with E-state index >= 15 is 0 Å². The summed E-state index contributed by atoms with van der Waals surface area (Å²) in [6.45, 7) is 6.91. The number of hydrogen-bond acceptors (Lipinski definition) is 3. The minimum Gasteiger partial charge on any atom is -0.374 e. The quantitative estimate of drug-likeness (QED) is 0.864. The van der Waals surface area contributed by atoms with E-state index in [1.807, 2.05) is 0 Å². The Hall–Kier alpha value is -0.900. The van der Waals surface area contributed by atoms with Crippen LogP contribution >= 0.6 is 0 Å². The Kier molecular flexibility index (Phi) is 5.17. The maximum atomic E-state index is 5.66. The molecule has 1 aliphatic heterocycles. The Morgan fingerprint density at radius 1 is 1.39 bits per heavy atom. The molecular formula is C15H24N2O. The second-order valence-corrected chi connectivity index (χ2v) is 5.13. The highest BCUT2D eigenvalue weighted by Gasteiger charge is 2.19. The number of rotatable bonds is 5. The summed E-state index contributed by atoms with van der Waals surface area (Å²) >= 11 is 0. The first-order chi connectivity index (χ1) is 8.79. The lowest BCUT2D eigenvalue weighted by Gasteiger charge is -2.32. The Morgan fingerprint density at radius 2 is 2.17 bits per heavy atom. The molecule has 0 radical (unpaired) electrons. The molecule has 0 bridgehead atoms. The molecule has 3 heteroatoms. The SMILES string of the molecule is CC(CCN1CCOC(CN)C1)c1ccccc1. The first-order valence-corrected chi connectivity index (χ1v) is 6.88. The van der Waals surface area contributed by atoms with Gasteiger partial charge in [-0.1, -0.05) is 37.3 Å². The van der Waals surface area contributed by atoms with E-state index in [0.29, 0.717) is 12.5 Å². The monoisotopic (exact) mass is 248 g/mol. The summed E-state index contributed by atoms with van der Waals surface area (Å²) in [5, 5.41) is 0. The van der Waals surface area contributed by atoms with Crippen LogP contribution < -0.4 is 5.73 Å². The molecule has 3 nitrogen and oxygen atoms in total. The van der Waals surface area contributed by atoms with Crippen LogP contribution in [0.2, 0.25) is 0 Å². The van der Waals surface area contributed by atoms with E-state index in [1.54, 1.807) is 0 Å². The number of benzene rings is 1. The van der Waals surface area contributed by atoms with Gasteiger partial charge >= 0.3 is 0 Å². The lowest BCUT2D eigenvalue weighted by molar-refractivity contribution is -0.0237. The largest absolute Gasteiger partial charge is 0.374 e. The summed E-state index contributed by atoms with van der Waals surface area (Å²) in [6.07, 6.45) is 1.42. The Morgan fingerprint density at radius 3 is 2.89 bits per heavy atom. The number of nitrogens with zero attached hydrogens (tertiary/aromatic N) is 1. The first kappa shape index (κ1) is 13.5. The molecule has 2 atom stereocenters. The summed E-state index contributed by atoms with van der Waals surface area (Å²) in [7, 11) is 0. The standard InChI is InChI=1S/C15H24N2O/c1-13(14-5-3-2-4-6-14)7-8-17-9-10-18-15(11-16)12-17/h2-6,13,15H,7-12,16H2,1H3. The van der Waals surface area contributed by atoms with Crippen molar-refractivity contribution in [2.24, 2.45) is 5.73 Å². The molecule has 0 aliphatic carbocycles. The Labute approximate surface area is 110 Å². The van der Waals surface area contributed by atoms with Gasteiger partial charge in [-0.3, -0.25) is 4.90 Å². The van der Waals surface area contributed by atoms with Crippen LogP contribution in [0.15, 0.2) is 30.3 Å². The van der Waals surface area contributed by atoms with Gasteiger partial charge in [-0.25, -0.2) is 0 Å². The summed E-state index contributed by atoms with van der Waals surface area (Å²) in [5.41, 5.74) is 7.09. The van der Waals surface area contributed by atoms with E-state index in [-0.39, 0.29) is 6.10 Å². The van der Waals surface area contributed by atoms with Crippen LogP contribution in [-0.2, 0) is 4.74 Å². The molecular weight excluding hydrogens is 224 g/mol. The Balaban J connectivity index is 1.77. The predicted molar refractivity (Wildman–Crippen MR) is 74.7 cm³/mol. The molecule has 0 spiro atoms. The van der Waals surface area contributed by atoms with Crippen molar-refractivity contribution < 1.29 is 4.74 Å². The fourth-order valence-electron chi connectivity index (χ4n) is 2.45. The second kappa shape index (κ2) is 6.88. The van der Waals surface area contributed by atoms with Crippen molar-refractivity contribution >= 4 is 0 Å². The summed E-state index contributed by atoms with van der Waals surface area (Å²) in [5.74, 6) is 0.616. The van der Waals surface area contributed by atoms with Gasteiger partial charge < -0.3 is 10.5 Å². The van der Waals surface area contributed by atoms with Gasteiger partial charge in [0.15, 0.2) is 0 Å². The van der Waals surface area contributed by atoms with Crippen LogP contribution in [0.1, 0.15) is 24.8 Å². The molecule has 1 heterocycles. The van der Waals surface area contributed by atoms with Crippen LogP contribution in [0.25, 0.3) is 0 Å². The zero-order valence-electron chi connectivity index (χ0n) is 11.2. The van der Waals surface area contributed by atoms with Crippen LogP contribution in [0.5, 0.6) is 0 Å². The smallest absolute Gasteiger partial charge is 0.0824 e. The second-order valence-electron chi connectivity index (χ2n) is 5.13. The van der Waals surface area contributed by atoms with E-state index in [0.717, 1.165) is 26.2 Å². The number of morpholine rings is 1. The van der Waals surface area contributed by atoms with Gasteiger partial charge in [0, 0.05) is 19.6 Å². The highest BCUT2D eigenvalue weighted by molar-refractivity contribution is 5.18.